The molecular weight excluding hydrogens is 512 g/mol. The van der Waals surface area contributed by atoms with Crippen LogP contribution in [0.3, 0.4) is 0 Å². The summed E-state index contributed by atoms with van der Waals surface area (Å²) in [5, 5.41) is 21.5. The topological polar surface area (TPSA) is 156 Å². The van der Waals surface area contributed by atoms with Crippen molar-refractivity contribution in [2.45, 2.75) is 71.5 Å². The Labute approximate surface area is 230 Å². The summed E-state index contributed by atoms with van der Waals surface area (Å²) in [6, 6.07) is 5.24. The second-order valence-electron chi connectivity index (χ2n) is 8.54. The van der Waals surface area contributed by atoms with Gasteiger partial charge in [-0.05, 0) is 48.8 Å². The third-order valence-corrected chi connectivity index (χ3v) is 5.95. The van der Waals surface area contributed by atoms with E-state index in [4.69, 9.17) is 14.2 Å². The number of unbranched alkanes of at least 4 members (excludes halogenated alkanes) is 1. The van der Waals surface area contributed by atoms with Crippen LogP contribution in [0.2, 0.25) is 0 Å². The van der Waals surface area contributed by atoms with Crippen LogP contribution in [-0.2, 0) is 19.1 Å². The van der Waals surface area contributed by atoms with Gasteiger partial charge in [-0.2, -0.15) is 0 Å². The Bertz CT molecular complexity index is 844. The monoisotopic (exact) mass is 556 g/mol. The highest BCUT2D eigenvalue weighted by Crippen LogP contribution is 2.40. The van der Waals surface area contributed by atoms with Crippen LogP contribution in [0.4, 0.5) is 4.79 Å². The quantitative estimate of drug-likeness (QED) is 0.100. The summed E-state index contributed by atoms with van der Waals surface area (Å²) < 4.78 is 20.0. The van der Waals surface area contributed by atoms with Gasteiger partial charge in [-0.1, -0.05) is 51.8 Å². The van der Waals surface area contributed by atoms with Crippen molar-refractivity contribution in [1.82, 2.24) is 5.32 Å². The molecule has 12 heteroatoms. The van der Waals surface area contributed by atoms with Crippen molar-refractivity contribution in [1.29, 1.82) is 0 Å². The zero-order valence-corrected chi connectivity index (χ0v) is 23.5. The van der Waals surface area contributed by atoms with Crippen LogP contribution in [0.1, 0.15) is 70.8 Å². The minimum atomic E-state index is -0.847. The number of amides is 1. The molecule has 1 fully saturated rings. The molecule has 1 aliphatic carbocycles. The van der Waals surface area contributed by atoms with Crippen molar-refractivity contribution in [3.05, 3.63) is 40.5 Å². The van der Waals surface area contributed by atoms with E-state index in [9.17, 15) is 24.8 Å². The molecule has 1 unspecified atom stereocenters. The molecular formula is C27H44N2O10. The summed E-state index contributed by atoms with van der Waals surface area (Å²) in [6.45, 7) is 8.83. The minimum absolute atomic E-state index is 0.0508. The number of aliphatic hydroxyl groups excluding tert-OH is 1. The first-order valence-electron chi connectivity index (χ1n) is 13.1. The summed E-state index contributed by atoms with van der Waals surface area (Å²) in [7, 11) is 3.01. The molecule has 39 heavy (non-hydrogen) atoms. The van der Waals surface area contributed by atoms with Crippen LogP contribution in [0.15, 0.2) is 24.8 Å². The zero-order valence-electron chi connectivity index (χ0n) is 23.5. The first-order valence-corrected chi connectivity index (χ1v) is 13.1. The number of rotatable bonds is 15. The van der Waals surface area contributed by atoms with Gasteiger partial charge in [0, 0.05) is 20.1 Å². The smallest absolute Gasteiger partial charge is 0.412 e. The van der Waals surface area contributed by atoms with Gasteiger partial charge < -0.3 is 34.2 Å². The second-order valence-corrected chi connectivity index (χ2v) is 8.54. The fourth-order valence-corrected chi connectivity index (χ4v) is 3.97. The maximum Gasteiger partial charge on any atom is 0.412 e. The number of carbonyl (C=O) groups excluding carboxylic acids is 2. The van der Waals surface area contributed by atoms with E-state index in [1.54, 1.807) is 24.3 Å². The first kappa shape index (κ1) is 35.6. The number of methoxy groups -OCH3 is 2. The van der Waals surface area contributed by atoms with Gasteiger partial charge >= 0.3 is 6.09 Å². The van der Waals surface area contributed by atoms with E-state index >= 15 is 0 Å². The van der Waals surface area contributed by atoms with Crippen molar-refractivity contribution in [3.63, 3.8) is 0 Å². The van der Waals surface area contributed by atoms with E-state index in [2.05, 4.69) is 21.5 Å². The van der Waals surface area contributed by atoms with E-state index in [1.165, 1.54) is 20.6 Å². The molecule has 1 saturated carbocycles. The number of nitrogens with one attached hydrogen (secondary N) is 1. The number of nitrogens with zero attached hydrogens (tertiary/aromatic N) is 1. The molecule has 0 heterocycles. The number of hydrogen-bond donors (Lipinski definition) is 2. The number of carbonyl (C=O) groups is 2. The fourth-order valence-electron chi connectivity index (χ4n) is 3.97. The molecule has 0 aliphatic heterocycles. The van der Waals surface area contributed by atoms with E-state index in [0.717, 1.165) is 31.2 Å². The predicted molar refractivity (Wildman–Crippen MR) is 146 cm³/mol. The molecule has 0 radical (unpaired) electrons. The Balaban J connectivity index is 0.000000935. The third kappa shape index (κ3) is 15.6. The van der Waals surface area contributed by atoms with Crippen LogP contribution >= 0.6 is 0 Å². The van der Waals surface area contributed by atoms with Gasteiger partial charge in [0.15, 0.2) is 17.8 Å². The Morgan fingerprint density at radius 1 is 1.18 bits per heavy atom. The lowest BCUT2D eigenvalue weighted by Crippen LogP contribution is -2.42. The molecule has 222 valence electrons. The van der Waals surface area contributed by atoms with Crippen LogP contribution in [-0.4, -0.2) is 63.0 Å². The summed E-state index contributed by atoms with van der Waals surface area (Å²) in [5.74, 6) is 0.824. The van der Waals surface area contributed by atoms with Gasteiger partial charge in [0.05, 0.1) is 20.3 Å². The maximum atomic E-state index is 12.3. The molecule has 1 atom stereocenters. The van der Waals surface area contributed by atoms with Gasteiger partial charge in [0.2, 0.25) is 0 Å². The lowest BCUT2D eigenvalue weighted by atomic mass is 9.71. The second kappa shape index (κ2) is 21.5. The lowest BCUT2D eigenvalue weighted by molar-refractivity contribution is -0.757. The molecule has 1 amide bonds. The average molecular weight is 557 g/mol. The molecule has 2 rings (SSSR count). The van der Waals surface area contributed by atoms with E-state index in [-0.39, 0.29) is 18.6 Å². The lowest BCUT2D eigenvalue weighted by Gasteiger charge is -2.38. The van der Waals surface area contributed by atoms with Crippen LogP contribution in [0, 0.1) is 15.5 Å². The van der Waals surface area contributed by atoms with Crippen molar-refractivity contribution in [2.75, 3.05) is 34.0 Å². The van der Waals surface area contributed by atoms with Crippen molar-refractivity contribution in [3.8, 4) is 11.5 Å². The molecule has 0 saturated heterocycles. The summed E-state index contributed by atoms with van der Waals surface area (Å²) in [5.41, 5.74) is 0.716. The summed E-state index contributed by atoms with van der Waals surface area (Å²) in [4.78, 5) is 35.4. The normalized spacial score (nSPS) is 14.1. The van der Waals surface area contributed by atoms with E-state index in [0.29, 0.717) is 43.8 Å². The fraction of sp³-hybridized carbons (Fsp3) is 0.630. The third-order valence-electron chi connectivity index (χ3n) is 5.95. The van der Waals surface area contributed by atoms with E-state index < -0.39 is 17.5 Å². The van der Waals surface area contributed by atoms with Gasteiger partial charge in [-0.15, -0.1) is 10.1 Å². The predicted octanol–water partition coefficient (Wildman–Crippen LogP) is 4.91. The average Bonchev–Trinajstić information content (AvgIpc) is 2.95. The highest BCUT2D eigenvalue weighted by atomic mass is 16.9. The largest absolute Gasteiger partial charge is 0.493 e. The van der Waals surface area contributed by atoms with Crippen molar-refractivity contribution in [2.24, 2.45) is 5.41 Å². The van der Waals surface area contributed by atoms with Crippen LogP contribution < -0.4 is 14.8 Å². The number of benzene rings is 1. The van der Waals surface area contributed by atoms with Gasteiger partial charge in [0.1, 0.15) is 0 Å². The Kier molecular flexibility index (Phi) is 19.7. The Morgan fingerprint density at radius 2 is 1.85 bits per heavy atom. The zero-order chi connectivity index (χ0) is 29.5. The van der Waals surface area contributed by atoms with Crippen LogP contribution in [0.25, 0.3) is 6.08 Å². The molecule has 1 aliphatic rings. The molecule has 0 aromatic heterocycles. The molecule has 0 bridgehead atoms. The maximum absolute atomic E-state index is 12.3. The minimum Gasteiger partial charge on any atom is -0.493 e. The number of aliphatic hydroxyl groups is 1. The molecule has 12 nitrogen and oxygen atoms in total. The first-order chi connectivity index (χ1) is 18.8. The Hall–Kier alpha value is -3.38. The van der Waals surface area contributed by atoms with Crippen molar-refractivity contribution < 1.29 is 43.6 Å². The van der Waals surface area contributed by atoms with Gasteiger partial charge in [0.25, 0.3) is 11.6 Å². The standard InChI is InChI=1S/C20H29NO5.C5H9NO5.C2H6/c1-4-15-8-9-16(17(12-15)24-2)26-19(23)21-14-20(13-18(22)25-3)10-6-5-7-11-20;7-5-10-3-1-2-4-11-6(8)9;1-2/h4,8-9,12,18,22H,1,5-7,10-11,13-14H2,2-3H3,(H,21,23);5H,1-4H2;1-2H3. The molecule has 2 N–H and O–H groups in total. The highest BCUT2D eigenvalue weighted by Gasteiger charge is 2.35. The van der Waals surface area contributed by atoms with Gasteiger partial charge in [-0.25, -0.2) is 4.79 Å². The highest BCUT2D eigenvalue weighted by molar-refractivity contribution is 5.72. The van der Waals surface area contributed by atoms with Crippen molar-refractivity contribution >= 4 is 18.6 Å². The van der Waals surface area contributed by atoms with E-state index in [1.807, 2.05) is 13.8 Å². The molecule has 0 spiro atoms. The molecule has 1 aromatic carbocycles. The molecule has 1 aromatic rings. The Morgan fingerprint density at radius 3 is 2.41 bits per heavy atom. The summed E-state index contributed by atoms with van der Waals surface area (Å²) in [6.07, 6.45) is 7.18. The number of ether oxygens (including phenoxy) is 4. The van der Waals surface area contributed by atoms with Crippen LogP contribution in [0.5, 0.6) is 11.5 Å². The van der Waals surface area contributed by atoms with Gasteiger partial charge in [-0.3, -0.25) is 4.79 Å². The SMILES string of the molecule is C=Cc1ccc(OC(=O)NCC2(CC(O)OC)CCCCC2)c(OC)c1.CC.O=COCCCCO[N+](=O)[O-]. The number of hydrogen-bond acceptors (Lipinski definition) is 10. The summed E-state index contributed by atoms with van der Waals surface area (Å²) >= 11 is 0.